The number of nitrogens with zero attached hydrogens (tertiary/aromatic N) is 2. The summed E-state index contributed by atoms with van der Waals surface area (Å²) in [5, 5.41) is 0. The third-order valence-corrected chi connectivity index (χ3v) is 5.04. The minimum atomic E-state index is -0.0676. The van der Waals surface area contributed by atoms with E-state index in [-0.39, 0.29) is 18.1 Å². The van der Waals surface area contributed by atoms with Crippen molar-refractivity contribution >= 4 is 5.91 Å². The van der Waals surface area contributed by atoms with E-state index in [1.807, 2.05) is 43.0 Å². The Morgan fingerprint density at radius 1 is 1.31 bits per heavy atom. The van der Waals surface area contributed by atoms with Gasteiger partial charge in [-0.15, -0.1) is 0 Å². The van der Waals surface area contributed by atoms with Crippen molar-refractivity contribution in [2.45, 2.75) is 45.4 Å². The second kappa shape index (κ2) is 8.01. The topological polar surface area (TPSA) is 67.4 Å². The zero-order chi connectivity index (χ0) is 18.7. The van der Waals surface area contributed by atoms with Crippen molar-refractivity contribution in [1.82, 2.24) is 14.9 Å². The van der Waals surface area contributed by atoms with Crippen LogP contribution in [0.2, 0.25) is 0 Å². The lowest BCUT2D eigenvalue weighted by atomic mass is 10.1. The van der Waals surface area contributed by atoms with Gasteiger partial charge in [0.2, 0.25) is 5.91 Å². The van der Waals surface area contributed by atoms with Crippen LogP contribution in [0.1, 0.15) is 40.8 Å². The van der Waals surface area contributed by atoms with Gasteiger partial charge in [-0.2, -0.15) is 0 Å². The number of carbonyl (C=O) groups is 1. The smallest absolute Gasteiger partial charge is 0.227 e. The molecule has 0 aliphatic carbocycles. The molecule has 6 heteroatoms. The summed E-state index contributed by atoms with van der Waals surface area (Å²) in [6.45, 7) is 5.12. The van der Waals surface area contributed by atoms with E-state index in [2.05, 4.69) is 9.97 Å². The minimum Gasteiger partial charge on any atom is -0.380 e. The number of likely N-dealkylation sites (tertiary alicyclic amines) is 1. The average molecular weight is 357 g/mol. The second-order valence-corrected chi connectivity index (χ2v) is 6.92. The summed E-state index contributed by atoms with van der Waals surface area (Å²) in [6, 6.07) is 7.92. The molecule has 1 aliphatic rings. The molecule has 6 nitrogen and oxygen atoms in total. The van der Waals surface area contributed by atoms with Crippen LogP contribution in [0.4, 0.5) is 0 Å². The molecule has 1 aliphatic heterocycles. The molecule has 26 heavy (non-hydrogen) atoms. The van der Waals surface area contributed by atoms with Crippen LogP contribution in [0.15, 0.2) is 24.3 Å². The van der Waals surface area contributed by atoms with Crippen LogP contribution in [-0.4, -0.2) is 47.6 Å². The maximum absolute atomic E-state index is 13.0. The minimum absolute atomic E-state index is 0.0366. The fourth-order valence-electron chi connectivity index (χ4n) is 3.51. The number of aryl methyl sites for hydroxylation is 2. The Balaban J connectivity index is 1.78. The summed E-state index contributed by atoms with van der Waals surface area (Å²) in [5.74, 6) is 0.942. The van der Waals surface area contributed by atoms with Crippen LogP contribution in [0.3, 0.4) is 0 Å². The van der Waals surface area contributed by atoms with E-state index < -0.39 is 0 Å². The summed E-state index contributed by atoms with van der Waals surface area (Å²) in [5.41, 5.74) is 4.08. The quantitative estimate of drug-likeness (QED) is 0.863. The number of H-pyrrole nitrogens is 1. The Morgan fingerprint density at radius 2 is 2.08 bits per heavy atom. The lowest BCUT2D eigenvalue weighted by molar-refractivity contribution is -0.131. The van der Waals surface area contributed by atoms with E-state index >= 15 is 0 Å². The molecule has 1 N–H and O–H groups in total. The zero-order valence-corrected chi connectivity index (χ0v) is 15.9. The van der Waals surface area contributed by atoms with Gasteiger partial charge in [-0.3, -0.25) is 4.79 Å². The SMILES string of the molecule is COCc1cccc(CC(=O)N2C[C@H](OC)C[C@H]2c2nc(C)c(C)[nH]2)c1. The van der Waals surface area contributed by atoms with Crippen LogP contribution >= 0.6 is 0 Å². The van der Waals surface area contributed by atoms with Crippen LogP contribution < -0.4 is 0 Å². The highest BCUT2D eigenvalue weighted by atomic mass is 16.5. The highest BCUT2D eigenvalue weighted by Gasteiger charge is 2.37. The average Bonchev–Trinajstić information content (AvgIpc) is 3.19. The summed E-state index contributed by atoms with van der Waals surface area (Å²) >= 11 is 0. The molecule has 1 aromatic heterocycles. The predicted octanol–water partition coefficient (Wildman–Crippen LogP) is 2.70. The fourth-order valence-corrected chi connectivity index (χ4v) is 3.51. The number of aromatic nitrogens is 2. The monoisotopic (exact) mass is 357 g/mol. The van der Waals surface area contributed by atoms with E-state index in [9.17, 15) is 4.79 Å². The highest BCUT2D eigenvalue weighted by molar-refractivity contribution is 5.79. The number of aromatic amines is 1. The highest BCUT2D eigenvalue weighted by Crippen LogP contribution is 2.32. The number of amides is 1. The van der Waals surface area contributed by atoms with Gasteiger partial charge in [-0.1, -0.05) is 24.3 Å². The summed E-state index contributed by atoms with van der Waals surface area (Å²) in [7, 11) is 3.37. The number of hydrogen-bond acceptors (Lipinski definition) is 4. The molecule has 2 aromatic rings. The van der Waals surface area contributed by atoms with E-state index in [0.29, 0.717) is 19.6 Å². The van der Waals surface area contributed by atoms with Crippen LogP contribution in [-0.2, 0) is 27.3 Å². The number of nitrogens with one attached hydrogen (secondary N) is 1. The molecule has 0 radical (unpaired) electrons. The first-order valence-corrected chi connectivity index (χ1v) is 8.94. The molecule has 3 rings (SSSR count). The number of rotatable bonds is 6. The van der Waals surface area contributed by atoms with E-state index in [1.165, 1.54) is 0 Å². The second-order valence-electron chi connectivity index (χ2n) is 6.92. The van der Waals surface area contributed by atoms with Crippen molar-refractivity contribution in [2.75, 3.05) is 20.8 Å². The maximum Gasteiger partial charge on any atom is 0.227 e. The van der Waals surface area contributed by atoms with Gasteiger partial charge < -0.3 is 19.4 Å². The first kappa shape index (κ1) is 18.6. The van der Waals surface area contributed by atoms with E-state index in [4.69, 9.17) is 9.47 Å². The van der Waals surface area contributed by atoms with Gasteiger partial charge in [0.1, 0.15) is 5.82 Å². The number of hydrogen-bond donors (Lipinski definition) is 1. The van der Waals surface area contributed by atoms with Crippen molar-refractivity contribution in [3.63, 3.8) is 0 Å². The Morgan fingerprint density at radius 3 is 2.73 bits per heavy atom. The third kappa shape index (κ3) is 3.97. The molecule has 1 saturated heterocycles. The molecular formula is C20H27N3O3. The van der Waals surface area contributed by atoms with E-state index in [1.54, 1.807) is 14.2 Å². The van der Waals surface area contributed by atoms with Gasteiger partial charge in [0.15, 0.2) is 0 Å². The van der Waals surface area contributed by atoms with Crippen molar-refractivity contribution in [3.05, 3.63) is 52.6 Å². The largest absolute Gasteiger partial charge is 0.380 e. The van der Waals surface area contributed by atoms with Gasteiger partial charge in [0.05, 0.1) is 30.9 Å². The number of imidazole rings is 1. The molecule has 1 amide bonds. The Hall–Kier alpha value is -2.18. The summed E-state index contributed by atoms with van der Waals surface area (Å²) < 4.78 is 10.7. The Bertz CT molecular complexity index is 752. The molecule has 140 valence electrons. The lowest BCUT2D eigenvalue weighted by Crippen LogP contribution is -2.33. The molecule has 1 fully saturated rings. The van der Waals surface area contributed by atoms with Crippen molar-refractivity contribution in [1.29, 1.82) is 0 Å². The van der Waals surface area contributed by atoms with Gasteiger partial charge in [0.25, 0.3) is 0 Å². The number of methoxy groups -OCH3 is 2. The van der Waals surface area contributed by atoms with Gasteiger partial charge in [0, 0.05) is 32.9 Å². The standard InChI is InChI=1S/C20H27N3O3/c1-13-14(2)22-20(21-13)18-10-17(26-4)11-23(18)19(24)9-15-6-5-7-16(8-15)12-25-3/h5-8,17-18H,9-12H2,1-4H3,(H,21,22)/t17-,18+/m1/s1. The fraction of sp³-hybridized carbons (Fsp3) is 0.500. The van der Waals surface area contributed by atoms with Crippen LogP contribution in [0.25, 0.3) is 0 Å². The van der Waals surface area contributed by atoms with Crippen LogP contribution in [0, 0.1) is 13.8 Å². The molecule has 1 aromatic carbocycles. The lowest BCUT2D eigenvalue weighted by Gasteiger charge is -2.23. The first-order chi connectivity index (χ1) is 12.5. The molecule has 0 unspecified atom stereocenters. The Labute approximate surface area is 154 Å². The van der Waals surface area contributed by atoms with Gasteiger partial charge >= 0.3 is 0 Å². The molecule has 2 atom stereocenters. The zero-order valence-electron chi connectivity index (χ0n) is 15.9. The van der Waals surface area contributed by atoms with Gasteiger partial charge in [-0.05, 0) is 25.0 Å². The molecule has 0 spiro atoms. The van der Waals surface area contributed by atoms with Crippen molar-refractivity contribution in [2.24, 2.45) is 0 Å². The first-order valence-electron chi connectivity index (χ1n) is 8.94. The predicted molar refractivity (Wildman–Crippen MR) is 98.8 cm³/mol. The summed E-state index contributed by atoms with van der Waals surface area (Å²) in [6.07, 6.45) is 1.16. The number of benzene rings is 1. The van der Waals surface area contributed by atoms with Gasteiger partial charge in [-0.25, -0.2) is 4.98 Å². The van der Waals surface area contributed by atoms with Crippen molar-refractivity contribution in [3.8, 4) is 0 Å². The normalized spacial score (nSPS) is 19.9. The van der Waals surface area contributed by atoms with Crippen molar-refractivity contribution < 1.29 is 14.3 Å². The van der Waals surface area contributed by atoms with E-state index in [0.717, 1.165) is 34.8 Å². The Kier molecular flexibility index (Phi) is 5.74. The van der Waals surface area contributed by atoms with Crippen LogP contribution in [0.5, 0.6) is 0 Å². The molecule has 2 heterocycles. The molecule has 0 saturated carbocycles. The number of carbonyl (C=O) groups excluding carboxylic acids is 1. The molecular weight excluding hydrogens is 330 g/mol. The third-order valence-electron chi connectivity index (χ3n) is 5.04. The maximum atomic E-state index is 13.0. The summed E-state index contributed by atoms with van der Waals surface area (Å²) in [4.78, 5) is 22.9. The molecule has 0 bridgehead atoms. The number of ether oxygens (including phenoxy) is 2.